The van der Waals surface area contributed by atoms with Crippen LogP contribution in [0.15, 0.2) is 23.3 Å². The van der Waals surface area contributed by atoms with E-state index in [2.05, 4.69) is 72.4 Å². The van der Waals surface area contributed by atoms with Crippen molar-refractivity contribution >= 4 is 0 Å². The summed E-state index contributed by atoms with van der Waals surface area (Å²) in [5, 5.41) is 9.11. The lowest BCUT2D eigenvalue weighted by Gasteiger charge is -2.18. The molecule has 2 atom stereocenters. The highest BCUT2D eigenvalue weighted by molar-refractivity contribution is 5.09. The predicted molar refractivity (Wildman–Crippen MR) is 146 cm³/mol. The van der Waals surface area contributed by atoms with Gasteiger partial charge in [-0.05, 0) is 81.6 Å². The molecule has 0 radical (unpaired) electrons. The van der Waals surface area contributed by atoms with Crippen LogP contribution in [0.4, 0.5) is 0 Å². The third-order valence-corrected chi connectivity index (χ3v) is 7.37. The zero-order chi connectivity index (χ0) is 25.5. The summed E-state index contributed by atoms with van der Waals surface area (Å²) in [5.41, 5.74) is 3.13. The molecule has 4 aliphatic rings. The summed E-state index contributed by atoms with van der Waals surface area (Å²) in [6.45, 7) is 23.4. The summed E-state index contributed by atoms with van der Waals surface area (Å²) in [6.07, 6.45) is 12.3. The minimum absolute atomic E-state index is 0.0626. The zero-order valence-electron chi connectivity index (χ0n) is 23.8. The van der Waals surface area contributed by atoms with E-state index in [4.69, 9.17) is 14.6 Å². The van der Waals surface area contributed by atoms with Gasteiger partial charge in [-0.3, -0.25) is 4.90 Å². The summed E-state index contributed by atoms with van der Waals surface area (Å²) >= 11 is 0. The summed E-state index contributed by atoms with van der Waals surface area (Å²) in [5.74, 6) is 3.13. The van der Waals surface area contributed by atoms with Gasteiger partial charge in [-0.2, -0.15) is 0 Å². The van der Waals surface area contributed by atoms with Gasteiger partial charge in [-0.25, -0.2) is 0 Å². The highest BCUT2D eigenvalue weighted by Crippen LogP contribution is 2.23. The Balaban J connectivity index is 0.000000227. The van der Waals surface area contributed by atoms with Gasteiger partial charge in [0.15, 0.2) is 0 Å². The molecular formula is C30H57NO3. The highest BCUT2D eigenvalue weighted by Gasteiger charge is 2.21. The lowest BCUT2D eigenvalue weighted by molar-refractivity contribution is 0.166. The Morgan fingerprint density at radius 1 is 0.882 bits per heavy atom. The van der Waals surface area contributed by atoms with Crippen molar-refractivity contribution in [3.8, 4) is 0 Å². The lowest BCUT2D eigenvalue weighted by Crippen LogP contribution is -2.28. The molecule has 1 N–H and O–H groups in total. The third kappa shape index (κ3) is 13.4. The first kappa shape index (κ1) is 31.4. The smallest absolute Gasteiger partial charge is 0.0684 e. The number of hydrogen-bond acceptors (Lipinski definition) is 4. The molecule has 0 aromatic heterocycles. The topological polar surface area (TPSA) is 41.9 Å². The number of hydrogen-bond donors (Lipinski definition) is 1. The molecule has 4 nitrogen and oxygen atoms in total. The molecule has 1 aliphatic carbocycles. The fourth-order valence-electron chi connectivity index (χ4n) is 4.51. The number of β-amino-alcohol motifs (C(OH)–C–C–N with tert-alkyl or cyclic N) is 1. The van der Waals surface area contributed by atoms with E-state index < -0.39 is 0 Å². The Hall–Kier alpha value is -0.680. The van der Waals surface area contributed by atoms with Gasteiger partial charge in [-0.15, -0.1) is 0 Å². The normalized spacial score (nSPS) is 24.9. The molecule has 2 fully saturated rings. The Kier molecular flexibility index (Phi) is 16.3. The van der Waals surface area contributed by atoms with Crippen molar-refractivity contribution in [3.63, 3.8) is 0 Å². The summed E-state index contributed by atoms with van der Waals surface area (Å²) in [6, 6.07) is 0.599. The zero-order valence-corrected chi connectivity index (χ0v) is 23.8. The van der Waals surface area contributed by atoms with Crippen LogP contribution in [-0.2, 0) is 9.47 Å². The molecule has 0 spiro atoms. The molecule has 34 heavy (non-hydrogen) atoms. The number of aliphatic hydroxyl groups excluding tert-OH is 1. The summed E-state index contributed by atoms with van der Waals surface area (Å²) in [7, 11) is 0. The van der Waals surface area contributed by atoms with Crippen molar-refractivity contribution < 1.29 is 14.6 Å². The second-order valence-electron chi connectivity index (χ2n) is 11.5. The van der Waals surface area contributed by atoms with E-state index in [1.807, 2.05) is 0 Å². The van der Waals surface area contributed by atoms with E-state index in [-0.39, 0.29) is 6.10 Å². The van der Waals surface area contributed by atoms with Crippen LogP contribution in [0, 0.1) is 23.7 Å². The van der Waals surface area contributed by atoms with Crippen LogP contribution in [0.3, 0.4) is 0 Å². The Bertz CT molecular complexity index is 574. The van der Waals surface area contributed by atoms with Crippen LogP contribution < -0.4 is 0 Å². The Morgan fingerprint density at radius 2 is 1.59 bits per heavy atom. The average molecular weight is 480 g/mol. The van der Waals surface area contributed by atoms with Gasteiger partial charge in [0.25, 0.3) is 0 Å². The maximum Gasteiger partial charge on any atom is 0.0684 e. The van der Waals surface area contributed by atoms with Gasteiger partial charge in [0, 0.05) is 32.3 Å². The van der Waals surface area contributed by atoms with Crippen molar-refractivity contribution in [2.45, 2.75) is 106 Å². The van der Waals surface area contributed by atoms with Crippen molar-refractivity contribution in [3.05, 3.63) is 23.3 Å². The third-order valence-electron chi connectivity index (χ3n) is 7.37. The SMILES string of the molecule is CC(C)C1=CCCCC1.CC(C)C1=CCOC1.CC(C)C1CCOC1.CC(C)N1CCC(O)C1. The van der Waals surface area contributed by atoms with Gasteiger partial charge >= 0.3 is 0 Å². The number of rotatable bonds is 4. The number of ether oxygens (including phenoxy) is 2. The van der Waals surface area contributed by atoms with Gasteiger partial charge in [0.1, 0.15) is 0 Å². The largest absolute Gasteiger partial charge is 0.392 e. The molecule has 0 amide bonds. The summed E-state index contributed by atoms with van der Waals surface area (Å²) in [4.78, 5) is 2.30. The van der Waals surface area contributed by atoms with Gasteiger partial charge < -0.3 is 14.6 Å². The maximum absolute atomic E-state index is 9.11. The van der Waals surface area contributed by atoms with Crippen LogP contribution in [0.2, 0.25) is 0 Å². The van der Waals surface area contributed by atoms with E-state index in [1.165, 1.54) is 37.7 Å². The van der Waals surface area contributed by atoms with Gasteiger partial charge in [0.2, 0.25) is 0 Å². The first-order valence-corrected chi connectivity index (χ1v) is 14.1. The maximum atomic E-state index is 9.11. The monoisotopic (exact) mass is 479 g/mol. The molecular weight excluding hydrogens is 422 g/mol. The molecule has 4 rings (SSSR count). The molecule has 2 unspecified atom stereocenters. The van der Waals surface area contributed by atoms with Crippen LogP contribution in [0.25, 0.3) is 0 Å². The van der Waals surface area contributed by atoms with Gasteiger partial charge in [-0.1, -0.05) is 59.3 Å². The molecule has 200 valence electrons. The Labute approximate surface area is 212 Å². The molecule has 0 aromatic carbocycles. The molecule has 0 bridgehead atoms. The minimum Gasteiger partial charge on any atom is -0.392 e. The van der Waals surface area contributed by atoms with E-state index in [0.29, 0.717) is 12.0 Å². The van der Waals surface area contributed by atoms with Gasteiger partial charge in [0.05, 0.1) is 19.3 Å². The average Bonchev–Trinajstić information content (AvgIpc) is 3.58. The first-order chi connectivity index (χ1) is 16.1. The molecule has 0 saturated carbocycles. The second kappa shape index (κ2) is 17.7. The standard InChI is InChI=1S/C9H16.C7H15NO.C7H14O.C7H12O/c1-8(2)9-6-4-3-5-7-9;1-6(2)8-4-3-7(9)5-8;2*1-6(2)7-3-4-8-5-7/h6,8H,3-5,7H2,1-2H3;6-7,9H,3-5H2,1-2H3;6-7H,3-5H2,1-2H3;3,6H,4-5H2,1-2H3. The van der Waals surface area contributed by atoms with E-state index in [9.17, 15) is 0 Å². The first-order valence-electron chi connectivity index (χ1n) is 14.1. The minimum atomic E-state index is -0.0626. The quantitative estimate of drug-likeness (QED) is 0.446. The fraction of sp³-hybridized carbons (Fsp3) is 0.867. The molecule has 3 aliphatic heterocycles. The number of allylic oxidation sites excluding steroid dienone is 2. The van der Waals surface area contributed by atoms with Crippen LogP contribution >= 0.6 is 0 Å². The number of aliphatic hydroxyl groups is 1. The van der Waals surface area contributed by atoms with E-state index in [1.54, 1.807) is 5.57 Å². The van der Waals surface area contributed by atoms with Crippen LogP contribution in [0.1, 0.15) is 93.9 Å². The lowest BCUT2D eigenvalue weighted by atomic mass is 9.92. The Morgan fingerprint density at radius 3 is 1.85 bits per heavy atom. The van der Waals surface area contributed by atoms with Crippen molar-refractivity contribution in [1.29, 1.82) is 0 Å². The molecule has 2 saturated heterocycles. The van der Waals surface area contributed by atoms with E-state index >= 15 is 0 Å². The molecule has 4 heteroatoms. The van der Waals surface area contributed by atoms with Crippen molar-refractivity contribution in [2.75, 3.05) is 39.5 Å². The fourth-order valence-corrected chi connectivity index (χ4v) is 4.51. The van der Waals surface area contributed by atoms with Crippen molar-refractivity contribution in [1.82, 2.24) is 4.90 Å². The number of nitrogens with zero attached hydrogens (tertiary/aromatic N) is 1. The second-order valence-corrected chi connectivity index (χ2v) is 11.5. The highest BCUT2D eigenvalue weighted by atomic mass is 16.5. The number of likely N-dealkylation sites (tertiary alicyclic amines) is 1. The van der Waals surface area contributed by atoms with Crippen LogP contribution in [0.5, 0.6) is 0 Å². The van der Waals surface area contributed by atoms with Crippen LogP contribution in [-0.4, -0.2) is 61.7 Å². The van der Waals surface area contributed by atoms with Crippen molar-refractivity contribution in [2.24, 2.45) is 23.7 Å². The summed E-state index contributed by atoms with van der Waals surface area (Å²) < 4.78 is 10.3. The van der Waals surface area contributed by atoms with E-state index in [0.717, 1.165) is 63.7 Å². The molecule has 3 heterocycles. The molecule has 0 aromatic rings. The predicted octanol–water partition coefficient (Wildman–Crippen LogP) is 6.88.